The molecule has 0 spiro atoms. The molecule has 1 unspecified atom stereocenters. The minimum absolute atomic E-state index is 0.0901. The summed E-state index contributed by atoms with van der Waals surface area (Å²) in [6, 6.07) is 7.55. The van der Waals surface area contributed by atoms with E-state index in [0.717, 1.165) is 12.0 Å². The SMILES string of the molecule is CCC[C@@H]1C(=O)OC1C(=O)NCCC[C@H](NC(=O)[C@H](C)N)C(=O)OCc1ccccc1. The molecule has 0 aromatic heterocycles. The highest BCUT2D eigenvalue weighted by molar-refractivity contribution is 5.94. The molecule has 0 radical (unpaired) electrons. The molecule has 9 heteroatoms. The van der Waals surface area contributed by atoms with Crippen LogP contribution in [0, 0.1) is 5.92 Å². The van der Waals surface area contributed by atoms with E-state index in [-0.39, 0.29) is 31.4 Å². The number of esters is 2. The van der Waals surface area contributed by atoms with Crippen molar-refractivity contribution < 1.29 is 28.7 Å². The second-order valence-corrected chi connectivity index (χ2v) is 7.63. The number of carbonyl (C=O) groups is 4. The van der Waals surface area contributed by atoms with Gasteiger partial charge in [-0.2, -0.15) is 0 Å². The van der Waals surface area contributed by atoms with Crippen LogP contribution in [0.3, 0.4) is 0 Å². The van der Waals surface area contributed by atoms with Gasteiger partial charge in [-0.15, -0.1) is 0 Å². The van der Waals surface area contributed by atoms with Gasteiger partial charge in [-0.05, 0) is 31.7 Å². The van der Waals surface area contributed by atoms with Crippen molar-refractivity contribution in [1.29, 1.82) is 0 Å². The first kappa shape index (κ1) is 24.3. The van der Waals surface area contributed by atoms with Crippen molar-refractivity contribution in [2.45, 2.75) is 64.3 Å². The Morgan fingerprint density at radius 2 is 1.94 bits per heavy atom. The van der Waals surface area contributed by atoms with Gasteiger partial charge in [0.1, 0.15) is 18.6 Å². The van der Waals surface area contributed by atoms with E-state index in [1.807, 2.05) is 37.3 Å². The fraction of sp³-hybridized carbons (Fsp3) is 0.545. The molecule has 1 aromatic rings. The van der Waals surface area contributed by atoms with E-state index in [0.29, 0.717) is 12.8 Å². The van der Waals surface area contributed by atoms with Gasteiger partial charge < -0.3 is 25.8 Å². The monoisotopic (exact) mass is 433 g/mol. The van der Waals surface area contributed by atoms with Crippen molar-refractivity contribution >= 4 is 23.8 Å². The quantitative estimate of drug-likeness (QED) is 0.327. The van der Waals surface area contributed by atoms with Gasteiger partial charge in [0.25, 0.3) is 5.91 Å². The van der Waals surface area contributed by atoms with Crippen molar-refractivity contribution in [2.75, 3.05) is 6.54 Å². The zero-order valence-corrected chi connectivity index (χ0v) is 18.0. The molecule has 1 aliphatic heterocycles. The molecule has 9 nitrogen and oxygen atoms in total. The summed E-state index contributed by atoms with van der Waals surface area (Å²) in [6.07, 6.45) is 1.31. The molecule has 0 aliphatic carbocycles. The number of benzene rings is 1. The fourth-order valence-corrected chi connectivity index (χ4v) is 3.16. The topological polar surface area (TPSA) is 137 Å². The first-order valence-electron chi connectivity index (χ1n) is 10.6. The van der Waals surface area contributed by atoms with Gasteiger partial charge in [-0.1, -0.05) is 43.7 Å². The zero-order valence-electron chi connectivity index (χ0n) is 18.0. The summed E-state index contributed by atoms with van der Waals surface area (Å²) < 4.78 is 10.3. The molecule has 0 bridgehead atoms. The normalized spacial score (nSPS) is 19.4. The third-order valence-corrected chi connectivity index (χ3v) is 4.98. The highest BCUT2D eigenvalue weighted by atomic mass is 16.6. The molecule has 170 valence electrons. The summed E-state index contributed by atoms with van der Waals surface area (Å²) in [4.78, 5) is 48.1. The van der Waals surface area contributed by atoms with E-state index >= 15 is 0 Å². The molecule has 2 rings (SSSR count). The largest absolute Gasteiger partial charge is 0.459 e. The number of ether oxygens (including phenoxy) is 2. The standard InChI is InChI=1S/C22H31N3O6/c1-3-8-16-18(31-21(16)28)20(27)24-12-7-11-17(25-19(26)14(2)23)22(29)30-13-15-9-5-4-6-10-15/h4-6,9-10,14,16-18H,3,7-8,11-13,23H2,1-2H3,(H,24,27)(H,25,26)/t14-,16-,17-,18?/m0/s1. The third kappa shape index (κ3) is 7.36. The van der Waals surface area contributed by atoms with E-state index in [4.69, 9.17) is 15.2 Å². The molecule has 1 fully saturated rings. The number of hydrogen-bond acceptors (Lipinski definition) is 7. The van der Waals surface area contributed by atoms with Crippen LogP contribution in [0.4, 0.5) is 0 Å². The van der Waals surface area contributed by atoms with Gasteiger partial charge >= 0.3 is 11.9 Å². The average molecular weight is 434 g/mol. The molecule has 1 aromatic carbocycles. The summed E-state index contributed by atoms with van der Waals surface area (Å²) in [7, 11) is 0. The summed E-state index contributed by atoms with van der Waals surface area (Å²) in [6.45, 7) is 3.82. The van der Waals surface area contributed by atoms with E-state index in [9.17, 15) is 19.2 Å². The Morgan fingerprint density at radius 3 is 2.55 bits per heavy atom. The summed E-state index contributed by atoms with van der Waals surface area (Å²) in [5.74, 6) is -2.12. The minimum atomic E-state index is -0.881. The van der Waals surface area contributed by atoms with E-state index in [1.54, 1.807) is 0 Å². The lowest BCUT2D eigenvalue weighted by atomic mass is 9.91. The first-order valence-corrected chi connectivity index (χ1v) is 10.6. The van der Waals surface area contributed by atoms with Gasteiger partial charge in [-0.25, -0.2) is 4.79 Å². The Kier molecular flexibility index (Phi) is 9.45. The number of nitrogens with one attached hydrogen (secondary N) is 2. The van der Waals surface area contributed by atoms with Gasteiger partial charge in [0, 0.05) is 6.54 Å². The van der Waals surface area contributed by atoms with Crippen molar-refractivity contribution in [1.82, 2.24) is 10.6 Å². The van der Waals surface area contributed by atoms with Crippen LogP contribution in [-0.4, -0.2) is 48.5 Å². The summed E-state index contributed by atoms with van der Waals surface area (Å²) >= 11 is 0. The maximum Gasteiger partial charge on any atom is 0.328 e. The Balaban J connectivity index is 1.81. The lowest BCUT2D eigenvalue weighted by molar-refractivity contribution is -0.189. The van der Waals surface area contributed by atoms with Crippen LogP contribution in [0.25, 0.3) is 0 Å². The molecular formula is C22H31N3O6. The lowest BCUT2D eigenvalue weighted by Crippen LogP contribution is -2.54. The molecule has 1 aliphatic rings. The lowest BCUT2D eigenvalue weighted by Gasteiger charge is -2.33. The summed E-state index contributed by atoms with van der Waals surface area (Å²) in [5, 5.41) is 5.31. The molecule has 31 heavy (non-hydrogen) atoms. The van der Waals surface area contributed by atoms with Gasteiger partial charge in [0.05, 0.1) is 6.04 Å². The van der Waals surface area contributed by atoms with Crippen molar-refractivity contribution in [3.63, 3.8) is 0 Å². The Hall–Kier alpha value is -2.94. The molecule has 2 amide bonds. The number of nitrogens with two attached hydrogens (primary N) is 1. The third-order valence-electron chi connectivity index (χ3n) is 4.98. The number of amides is 2. The second kappa shape index (κ2) is 12.0. The fourth-order valence-electron chi connectivity index (χ4n) is 3.16. The minimum Gasteiger partial charge on any atom is -0.459 e. The molecular weight excluding hydrogens is 402 g/mol. The van der Waals surface area contributed by atoms with Crippen molar-refractivity contribution in [3.05, 3.63) is 35.9 Å². The van der Waals surface area contributed by atoms with E-state index < -0.39 is 36.0 Å². The van der Waals surface area contributed by atoms with Gasteiger partial charge in [0.2, 0.25) is 5.91 Å². The first-order chi connectivity index (χ1) is 14.8. The van der Waals surface area contributed by atoms with E-state index in [2.05, 4.69) is 10.6 Å². The van der Waals surface area contributed by atoms with Gasteiger partial charge in [-0.3, -0.25) is 14.4 Å². The highest BCUT2D eigenvalue weighted by Gasteiger charge is 2.46. The van der Waals surface area contributed by atoms with Crippen LogP contribution in [0.5, 0.6) is 0 Å². The number of rotatable bonds is 12. The maximum absolute atomic E-state index is 12.5. The maximum atomic E-state index is 12.5. The summed E-state index contributed by atoms with van der Waals surface area (Å²) in [5.41, 5.74) is 6.42. The number of cyclic esters (lactones) is 1. The van der Waals surface area contributed by atoms with Crippen molar-refractivity contribution in [3.8, 4) is 0 Å². The van der Waals surface area contributed by atoms with E-state index in [1.165, 1.54) is 6.92 Å². The number of hydrogen-bond donors (Lipinski definition) is 3. The van der Waals surface area contributed by atoms with Crippen LogP contribution in [-0.2, 0) is 35.3 Å². The van der Waals surface area contributed by atoms with Gasteiger partial charge in [0.15, 0.2) is 6.10 Å². The highest BCUT2D eigenvalue weighted by Crippen LogP contribution is 2.26. The predicted octanol–water partition coefficient (Wildman–Crippen LogP) is 0.800. The molecule has 4 atom stereocenters. The van der Waals surface area contributed by atoms with Crippen LogP contribution >= 0.6 is 0 Å². The molecule has 1 heterocycles. The van der Waals surface area contributed by atoms with Crippen LogP contribution < -0.4 is 16.4 Å². The van der Waals surface area contributed by atoms with Crippen molar-refractivity contribution in [2.24, 2.45) is 11.7 Å². The van der Waals surface area contributed by atoms with Crippen LogP contribution in [0.1, 0.15) is 45.1 Å². The smallest absolute Gasteiger partial charge is 0.328 e. The molecule has 1 saturated heterocycles. The van der Waals surface area contributed by atoms with Crippen LogP contribution in [0.2, 0.25) is 0 Å². The second-order valence-electron chi connectivity index (χ2n) is 7.63. The number of carbonyl (C=O) groups excluding carboxylic acids is 4. The zero-order chi connectivity index (χ0) is 22.8. The molecule has 4 N–H and O–H groups in total. The average Bonchev–Trinajstić information content (AvgIpc) is 2.76. The molecule has 0 saturated carbocycles. The van der Waals surface area contributed by atoms with Crippen LogP contribution in [0.15, 0.2) is 30.3 Å². The predicted molar refractivity (Wildman–Crippen MR) is 112 cm³/mol. The Labute approximate surface area is 182 Å². The Bertz CT molecular complexity index is 768. The Morgan fingerprint density at radius 1 is 1.23 bits per heavy atom.